The van der Waals surface area contributed by atoms with Crippen molar-refractivity contribution in [3.05, 3.63) is 18.2 Å². The maximum Gasteiger partial charge on any atom is 0.241 e. The Morgan fingerprint density at radius 3 is 2.75 bits per heavy atom. The Kier molecular flexibility index (Phi) is 4.57. The minimum Gasteiger partial charge on any atom is -0.370 e. The van der Waals surface area contributed by atoms with E-state index in [1.54, 1.807) is 14.0 Å². The number of amides is 1. The van der Waals surface area contributed by atoms with Gasteiger partial charge in [-0.2, -0.15) is 0 Å². The number of hydrogen-bond acceptors (Lipinski definition) is 4. The second-order valence-corrected chi connectivity index (χ2v) is 3.42. The highest BCUT2D eigenvalue weighted by Gasteiger charge is 2.10. The molecule has 0 aliphatic carbocycles. The molecule has 88 valence electrons. The lowest BCUT2D eigenvalue weighted by Gasteiger charge is -2.13. The van der Waals surface area contributed by atoms with Gasteiger partial charge in [-0.15, -0.1) is 0 Å². The van der Waals surface area contributed by atoms with Crippen LogP contribution in [0, 0.1) is 0 Å². The molecule has 0 aliphatic heterocycles. The van der Waals surface area contributed by atoms with Gasteiger partial charge in [0.15, 0.2) is 0 Å². The van der Waals surface area contributed by atoms with Crippen molar-refractivity contribution in [1.82, 2.24) is 10.3 Å². The number of rotatable bonds is 5. The Labute approximate surface area is 95.7 Å². The molecule has 0 bridgehead atoms. The maximum atomic E-state index is 11.3. The summed E-state index contributed by atoms with van der Waals surface area (Å²) in [7, 11) is 1.61. The van der Waals surface area contributed by atoms with Crippen molar-refractivity contribution in [2.24, 2.45) is 0 Å². The van der Waals surface area contributed by atoms with Crippen molar-refractivity contribution in [2.75, 3.05) is 24.2 Å². The molecule has 0 saturated carbocycles. The van der Waals surface area contributed by atoms with E-state index in [1.807, 2.05) is 25.1 Å². The lowest BCUT2D eigenvalue weighted by atomic mass is 10.3. The monoisotopic (exact) mass is 222 g/mol. The first-order valence-electron chi connectivity index (χ1n) is 5.36. The van der Waals surface area contributed by atoms with Crippen LogP contribution in [0.4, 0.5) is 11.6 Å². The number of nitrogens with zero attached hydrogens (tertiary/aromatic N) is 1. The Morgan fingerprint density at radius 2 is 2.12 bits per heavy atom. The van der Waals surface area contributed by atoms with Crippen molar-refractivity contribution < 1.29 is 4.79 Å². The second kappa shape index (κ2) is 5.95. The highest BCUT2D eigenvalue weighted by Crippen LogP contribution is 2.09. The fraction of sp³-hybridized carbons (Fsp3) is 0.455. The maximum absolute atomic E-state index is 11.3. The van der Waals surface area contributed by atoms with E-state index in [0.717, 1.165) is 12.4 Å². The lowest BCUT2D eigenvalue weighted by molar-refractivity contribution is -0.121. The van der Waals surface area contributed by atoms with Gasteiger partial charge >= 0.3 is 0 Å². The molecule has 1 heterocycles. The summed E-state index contributed by atoms with van der Waals surface area (Å²) in [6.07, 6.45) is 0. The summed E-state index contributed by atoms with van der Waals surface area (Å²) in [4.78, 5) is 15.6. The molecule has 1 aromatic heterocycles. The topological polar surface area (TPSA) is 66.0 Å². The molecule has 5 heteroatoms. The van der Waals surface area contributed by atoms with Gasteiger partial charge < -0.3 is 16.0 Å². The molecule has 0 aliphatic rings. The molecule has 1 rings (SSSR count). The van der Waals surface area contributed by atoms with Gasteiger partial charge in [-0.3, -0.25) is 4.79 Å². The number of nitrogens with one attached hydrogen (secondary N) is 3. The smallest absolute Gasteiger partial charge is 0.241 e. The molecule has 0 aromatic carbocycles. The Hall–Kier alpha value is -1.78. The summed E-state index contributed by atoms with van der Waals surface area (Å²) < 4.78 is 0. The largest absolute Gasteiger partial charge is 0.370 e. The molecule has 1 unspecified atom stereocenters. The van der Waals surface area contributed by atoms with Gasteiger partial charge in [0.1, 0.15) is 17.7 Å². The molecule has 0 radical (unpaired) electrons. The van der Waals surface area contributed by atoms with Gasteiger partial charge in [0.2, 0.25) is 5.91 Å². The average molecular weight is 222 g/mol. The van der Waals surface area contributed by atoms with Crippen molar-refractivity contribution in [2.45, 2.75) is 19.9 Å². The Balaban J connectivity index is 2.66. The lowest BCUT2D eigenvalue weighted by Crippen LogP contribution is -2.35. The minimum absolute atomic E-state index is 0.0596. The van der Waals surface area contributed by atoms with Crippen LogP contribution in [0.3, 0.4) is 0 Å². The highest BCUT2D eigenvalue weighted by atomic mass is 16.2. The molecular formula is C11H18N4O. The van der Waals surface area contributed by atoms with E-state index in [9.17, 15) is 4.79 Å². The highest BCUT2D eigenvalue weighted by molar-refractivity contribution is 5.83. The molecule has 16 heavy (non-hydrogen) atoms. The first kappa shape index (κ1) is 12.3. The zero-order valence-corrected chi connectivity index (χ0v) is 9.87. The first-order chi connectivity index (χ1) is 7.67. The molecule has 3 N–H and O–H groups in total. The van der Waals surface area contributed by atoms with Crippen LogP contribution in [0.15, 0.2) is 18.2 Å². The molecule has 0 fully saturated rings. The van der Waals surface area contributed by atoms with E-state index >= 15 is 0 Å². The molecule has 5 nitrogen and oxygen atoms in total. The minimum atomic E-state index is -0.297. The van der Waals surface area contributed by atoms with Gasteiger partial charge in [-0.05, 0) is 26.0 Å². The number of hydrogen-bond donors (Lipinski definition) is 3. The zero-order chi connectivity index (χ0) is 12.0. The summed E-state index contributed by atoms with van der Waals surface area (Å²) in [6.45, 7) is 4.62. The molecular weight excluding hydrogens is 204 g/mol. The van der Waals surface area contributed by atoms with Crippen LogP contribution >= 0.6 is 0 Å². The second-order valence-electron chi connectivity index (χ2n) is 3.42. The van der Waals surface area contributed by atoms with Crippen LogP contribution in [-0.2, 0) is 4.79 Å². The van der Waals surface area contributed by atoms with Crippen LogP contribution in [0.2, 0.25) is 0 Å². The number of pyridine rings is 1. The molecule has 0 saturated heterocycles. The quantitative estimate of drug-likeness (QED) is 0.697. The summed E-state index contributed by atoms with van der Waals surface area (Å²) in [5, 5.41) is 8.72. The van der Waals surface area contributed by atoms with E-state index < -0.39 is 0 Å². The van der Waals surface area contributed by atoms with Crippen molar-refractivity contribution in [1.29, 1.82) is 0 Å². The summed E-state index contributed by atoms with van der Waals surface area (Å²) in [5.41, 5.74) is 0. The van der Waals surface area contributed by atoms with Crippen LogP contribution in [-0.4, -0.2) is 30.5 Å². The van der Waals surface area contributed by atoms with Crippen LogP contribution in [0.25, 0.3) is 0 Å². The van der Waals surface area contributed by atoms with E-state index in [4.69, 9.17) is 0 Å². The van der Waals surface area contributed by atoms with Crippen molar-refractivity contribution in [3.63, 3.8) is 0 Å². The van der Waals surface area contributed by atoms with Crippen LogP contribution in [0.1, 0.15) is 13.8 Å². The SMILES string of the molecule is CCNc1cccc(NC(C)C(=O)NC)n1. The van der Waals surface area contributed by atoms with E-state index in [0.29, 0.717) is 5.82 Å². The predicted molar refractivity (Wildman–Crippen MR) is 65.6 cm³/mol. The molecule has 1 aromatic rings. The van der Waals surface area contributed by atoms with Gasteiger partial charge in [-0.1, -0.05) is 6.07 Å². The van der Waals surface area contributed by atoms with E-state index in [-0.39, 0.29) is 11.9 Å². The molecule has 1 atom stereocenters. The normalized spacial score (nSPS) is 11.7. The van der Waals surface area contributed by atoms with Crippen LogP contribution in [0.5, 0.6) is 0 Å². The Bertz CT molecular complexity index is 354. The fourth-order valence-electron chi connectivity index (χ4n) is 1.30. The third kappa shape index (κ3) is 3.42. The zero-order valence-electron chi connectivity index (χ0n) is 9.87. The molecule has 0 spiro atoms. The number of likely N-dealkylation sites (N-methyl/N-ethyl adjacent to an activating group) is 1. The third-order valence-electron chi connectivity index (χ3n) is 2.11. The standard InChI is InChI=1S/C11H18N4O/c1-4-13-9-6-5-7-10(15-9)14-8(2)11(16)12-3/h5-8H,4H2,1-3H3,(H,12,16)(H2,13,14,15). The van der Waals surface area contributed by atoms with Crippen molar-refractivity contribution >= 4 is 17.5 Å². The van der Waals surface area contributed by atoms with Gasteiger partial charge in [0.25, 0.3) is 0 Å². The van der Waals surface area contributed by atoms with Gasteiger partial charge in [0.05, 0.1) is 0 Å². The number of carbonyl (C=O) groups excluding carboxylic acids is 1. The van der Waals surface area contributed by atoms with E-state index in [1.165, 1.54) is 0 Å². The van der Waals surface area contributed by atoms with Crippen molar-refractivity contribution in [3.8, 4) is 0 Å². The number of aromatic nitrogens is 1. The van der Waals surface area contributed by atoms with Crippen LogP contribution < -0.4 is 16.0 Å². The van der Waals surface area contributed by atoms with E-state index in [2.05, 4.69) is 20.9 Å². The summed E-state index contributed by atoms with van der Waals surface area (Å²) in [5.74, 6) is 1.43. The summed E-state index contributed by atoms with van der Waals surface area (Å²) >= 11 is 0. The Morgan fingerprint density at radius 1 is 1.44 bits per heavy atom. The molecule has 1 amide bonds. The first-order valence-corrected chi connectivity index (χ1v) is 5.36. The van der Waals surface area contributed by atoms with Gasteiger partial charge in [0, 0.05) is 13.6 Å². The summed E-state index contributed by atoms with van der Waals surface area (Å²) in [6, 6.07) is 5.32. The van der Waals surface area contributed by atoms with Gasteiger partial charge in [-0.25, -0.2) is 4.98 Å². The predicted octanol–water partition coefficient (Wildman–Crippen LogP) is 1.06. The fourth-order valence-corrected chi connectivity index (χ4v) is 1.30. The number of anilines is 2. The average Bonchev–Trinajstić information content (AvgIpc) is 2.29. The number of carbonyl (C=O) groups is 1. The third-order valence-corrected chi connectivity index (χ3v) is 2.11.